The third-order valence-electron chi connectivity index (χ3n) is 7.36. The van der Waals surface area contributed by atoms with E-state index in [0.29, 0.717) is 12.8 Å². The summed E-state index contributed by atoms with van der Waals surface area (Å²) >= 11 is 0. The molecule has 1 saturated heterocycles. The molecule has 9 nitrogen and oxygen atoms in total. The third-order valence-corrected chi connectivity index (χ3v) is 8.55. The molecular formula is C18H24N2O7S. The first-order valence-electron chi connectivity index (χ1n) is 9.36. The zero-order chi connectivity index (χ0) is 20.5. The Bertz CT molecular complexity index is 880. The number of hydrogen-bond donors (Lipinski definition) is 2. The lowest BCUT2D eigenvalue weighted by molar-refractivity contribution is -0.137. The van der Waals surface area contributed by atoms with Crippen molar-refractivity contribution in [2.75, 3.05) is 5.75 Å². The van der Waals surface area contributed by atoms with E-state index in [1.807, 2.05) is 19.3 Å². The van der Waals surface area contributed by atoms with E-state index in [9.17, 15) is 22.8 Å². The third kappa shape index (κ3) is 2.65. The van der Waals surface area contributed by atoms with Gasteiger partial charge in [0.05, 0.1) is 35.2 Å². The Morgan fingerprint density at radius 2 is 1.93 bits per heavy atom. The number of amides is 2. The van der Waals surface area contributed by atoms with E-state index in [0.717, 1.165) is 6.42 Å². The van der Waals surface area contributed by atoms with Crippen molar-refractivity contribution in [3.63, 3.8) is 0 Å². The van der Waals surface area contributed by atoms with Crippen LogP contribution in [0.1, 0.15) is 33.1 Å². The highest BCUT2D eigenvalue weighted by atomic mass is 32.2. The van der Waals surface area contributed by atoms with Gasteiger partial charge < -0.3 is 10.5 Å². The van der Waals surface area contributed by atoms with Gasteiger partial charge in [0.2, 0.25) is 5.91 Å². The van der Waals surface area contributed by atoms with E-state index in [1.165, 1.54) is 0 Å². The fraction of sp³-hybridized carbons (Fsp3) is 0.722. The van der Waals surface area contributed by atoms with Crippen LogP contribution in [-0.2, 0) is 33.5 Å². The zero-order valence-corrected chi connectivity index (χ0v) is 16.5. The Balaban J connectivity index is 1.45. The maximum Gasteiger partial charge on any atom is 0.288 e. The van der Waals surface area contributed by atoms with Crippen LogP contribution >= 0.6 is 0 Å². The molecule has 2 amide bonds. The van der Waals surface area contributed by atoms with Gasteiger partial charge in [-0.1, -0.05) is 26.0 Å². The Kier molecular flexibility index (Phi) is 4.26. The SMILES string of the molecule is CC1(C)C2CCC1(CS(=O)(=O)ONC(=O)C1C3C=CC(O3)C1C(N)=O)C(=O)C2. The van der Waals surface area contributed by atoms with Crippen molar-refractivity contribution >= 4 is 27.7 Å². The maximum absolute atomic E-state index is 12.6. The van der Waals surface area contributed by atoms with Gasteiger partial charge in [0.25, 0.3) is 16.0 Å². The molecule has 0 radical (unpaired) electrons. The molecule has 4 rings (SSSR count). The van der Waals surface area contributed by atoms with Gasteiger partial charge in [0.1, 0.15) is 5.78 Å². The topological polar surface area (TPSA) is 142 Å². The minimum Gasteiger partial charge on any atom is -0.369 e. The molecule has 4 aliphatic rings. The van der Waals surface area contributed by atoms with E-state index in [2.05, 4.69) is 0 Å². The van der Waals surface area contributed by atoms with Crippen molar-refractivity contribution < 1.29 is 31.8 Å². The molecule has 0 spiro atoms. The number of primary amides is 1. The van der Waals surface area contributed by atoms with Crippen molar-refractivity contribution in [3.05, 3.63) is 12.2 Å². The summed E-state index contributed by atoms with van der Waals surface area (Å²) in [5.41, 5.74) is 5.87. The Labute approximate surface area is 163 Å². The van der Waals surface area contributed by atoms with Crippen LogP contribution in [0.4, 0.5) is 0 Å². The monoisotopic (exact) mass is 412 g/mol. The summed E-state index contributed by atoms with van der Waals surface area (Å²) in [7, 11) is -4.22. The number of hydrogen-bond acceptors (Lipinski definition) is 7. The molecule has 2 saturated carbocycles. The van der Waals surface area contributed by atoms with Crippen LogP contribution in [0.15, 0.2) is 12.2 Å². The smallest absolute Gasteiger partial charge is 0.288 e. The fourth-order valence-electron chi connectivity index (χ4n) is 5.57. The summed E-state index contributed by atoms with van der Waals surface area (Å²) in [4.78, 5) is 36.7. The summed E-state index contributed by atoms with van der Waals surface area (Å²) in [6, 6.07) is 0. The lowest BCUT2D eigenvalue weighted by atomic mass is 9.70. The normalized spacial score (nSPS) is 40.2. The van der Waals surface area contributed by atoms with E-state index in [4.69, 9.17) is 14.8 Å². The van der Waals surface area contributed by atoms with Crippen LogP contribution in [-0.4, -0.2) is 44.0 Å². The second kappa shape index (κ2) is 6.11. The number of ether oxygens (including phenoxy) is 1. The molecule has 6 atom stereocenters. The summed E-state index contributed by atoms with van der Waals surface area (Å²) in [6.45, 7) is 3.83. The predicted molar refractivity (Wildman–Crippen MR) is 95.6 cm³/mol. The molecule has 2 heterocycles. The van der Waals surface area contributed by atoms with Gasteiger partial charge in [0, 0.05) is 6.42 Å². The number of nitrogens with two attached hydrogens (primary N) is 1. The number of carbonyl (C=O) groups excluding carboxylic acids is 3. The van der Waals surface area contributed by atoms with Gasteiger partial charge in [-0.25, -0.2) is 5.48 Å². The first kappa shape index (κ1) is 19.5. The quantitative estimate of drug-likeness (QED) is 0.455. The molecular weight excluding hydrogens is 388 g/mol. The van der Waals surface area contributed by atoms with Crippen molar-refractivity contribution in [3.8, 4) is 0 Å². The highest BCUT2D eigenvalue weighted by Gasteiger charge is 2.65. The molecule has 28 heavy (non-hydrogen) atoms. The maximum atomic E-state index is 12.6. The summed E-state index contributed by atoms with van der Waals surface area (Å²) in [5, 5.41) is 0. The van der Waals surface area contributed by atoms with Crippen LogP contribution < -0.4 is 11.2 Å². The van der Waals surface area contributed by atoms with E-state index in [1.54, 1.807) is 12.2 Å². The Morgan fingerprint density at radius 1 is 1.29 bits per heavy atom. The van der Waals surface area contributed by atoms with Gasteiger partial charge in [-0.3, -0.25) is 14.4 Å². The molecule has 0 aromatic rings. The van der Waals surface area contributed by atoms with Crippen molar-refractivity contribution in [1.29, 1.82) is 0 Å². The summed E-state index contributed by atoms with van der Waals surface area (Å²) in [6.07, 6.45) is 3.72. The number of carbonyl (C=O) groups is 3. The van der Waals surface area contributed by atoms with E-state index in [-0.39, 0.29) is 11.7 Å². The van der Waals surface area contributed by atoms with Gasteiger partial charge in [0.15, 0.2) is 0 Å². The molecule has 2 aliphatic carbocycles. The van der Waals surface area contributed by atoms with Crippen molar-refractivity contribution in [2.24, 2.45) is 34.3 Å². The zero-order valence-electron chi connectivity index (χ0n) is 15.7. The van der Waals surface area contributed by atoms with Gasteiger partial charge in [-0.2, -0.15) is 8.42 Å². The van der Waals surface area contributed by atoms with E-state index < -0.39 is 62.6 Å². The average molecular weight is 412 g/mol. The molecule has 0 aromatic heterocycles. The molecule has 6 unspecified atom stereocenters. The standard InChI is InChI=1S/C18H24N2O7S/c1-17(2)9-5-6-18(17,12(21)7-9)8-28(24,25)27-20-16(23)14-11-4-3-10(26-11)13(14)15(19)22/h3-4,9-11,13-14H,5-8H2,1-2H3,(H2,19,22)(H,20,23). The number of nitrogens with one attached hydrogen (secondary N) is 1. The van der Waals surface area contributed by atoms with Gasteiger partial charge in [-0.05, 0) is 24.2 Å². The minimum absolute atomic E-state index is 0.0623. The summed E-state index contributed by atoms with van der Waals surface area (Å²) in [5.74, 6) is -3.70. The largest absolute Gasteiger partial charge is 0.369 e. The van der Waals surface area contributed by atoms with Gasteiger partial charge >= 0.3 is 0 Å². The number of ketones is 1. The number of rotatable bonds is 6. The van der Waals surface area contributed by atoms with Crippen LogP contribution in [0, 0.1) is 28.6 Å². The van der Waals surface area contributed by atoms with Crippen LogP contribution in [0.2, 0.25) is 0 Å². The molecule has 10 heteroatoms. The lowest BCUT2D eigenvalue weighted by Crippen LogP contribution is -2.47. The minimum atomic E-state index is -4.22. The number of hydroxylamine groups is 1. The molecule has 3 fully saturated rings. The molecule has 154 valence electrons. The van der Waals surface area contributed by atoms with Gasteiger partial charge in [-0.15, -0.1) is 4.28 Å². The highest BCUT2D eigenvalue weighted by molar-refractivity contribution is 7.86. The van der Waals surface area contributed by atoms with Crippen LogP contribution in [0.25, 0.3) is 0 Å². The fourth-order valence-corrected chi connectivity index (χ4v) is 7.12. The number of fused-ring (bicyclic) bond motifs is 4. The van der Waals surface area contributed by atoms with E-state index >= 15 is 0 Å². The molecule has 2 aliphatic heterocycles. The Hall–Kier alpha value is -1.78. The lowest BCUT2D eigenvalue weighted by Gasteiger charge is -2.35. The second-order valence-electron chi connectivity index (χ2n) is 8.82. The number of Topliss-reactive ketones (excluding diaryl/α,β-unsaturated/α-hetero) is 1. The first-order valence-corrected chi connectivity index (χ1v) is 10.9. The Morgan fingerprint density at radius 3 is 2.46 bits per heavy atom. The van der Waals surface area contributed by atoms with Crippen LogP contribution in [0.3, 0.4) is 0 Å². The second-order valence-corrected chi connectivity index (χ2v) is 10.4. The molecule has 3 N–H and O–H groups in total. The predicted octanol–water partition coefficient (Wildman–Crippen LogP) is -0.186. The van der Waals surface area contributed by atoms with Crippen molar-refractivity contribution in [1.82, 2.24) is 5.48 Å². The average Bonchev–Trinajstić information content (AvgIpc) is 3.30. The van der Waals surface area contributed by atoms with Crippen molar-refractivity contribution in [2.45, 2.75) is 45.3 Å². The molecule has 4 bridgehead atoms. The summed E-state index contributed by atoms with van der Waals surface area (Å²) < 4.78 is 35.4. The first-order chi connectivity index (χ1) is 13.0. The highest BCUT2D eigenvalue weighted by Crippen LogP contribution is 2.64. The van der Waals surface area contributed by atoms with Crippen LogP contribution in [0.5, 0.6) is 0 Å². The molecule has 0 aromatic carbocycles.